The molecule has 23 heavy (non-hydrogen) atoms. The standard InChI is InChI=1S/C16H29NO6/c1-9(2)15(19)23-12-7-21-14-13(12)22-8-16(14,20)5-11(18)6-17-10(3)4/h9-14,17-18,20H,5-8H2,1-4H3/t11?,12-,13-,14+,16+/m1/s1. The van der Waals surface area contributed by atoms with Crippen LogP contribution in [0, 0.1) is 5.92 Å². The van der Waals surface area contributed by atoms with Crippen molar-refractivity contribution in [3.05, 3.63) is 0 Å². The molecule has 2 fully saturated rings. The van der Waals surface area contributed by atoms with E-state index in [1.807, 2.05) is 13.8 Å². The molecule has 2 rings (SSSR count). The van der Waals surface area contributed by atoms with E-state index in [9.17, 15) is 15.0 Å². The zero-order valence-electron chi connectivity index (χ0n) is 14.3. The molecule has 0 aromatic heterocycles. The van der Waals surface area contributed by atoms with Crippen LogP contribution in [0.3, 0.4) is 0 Å². The average molecular weight is 331 g/mol. The molecule has 0 amide bonds. The fourth-order valence-corrected chi connectivity index (χ4v) is 2.97. The Morgan fingerprint density at radius 1 is 1.35 bits per heavy atom. The van der Waals surface area contributed by atoms with Crippen LogP contribution in [0.2, 0.25) is 0 Å². The van der Waals surface area contributed by atoms with Gasteiger partial charge in [0.15, 0.2) is 6.10 Å². The number of esters is 1. The molecule has 0 spiro atoms. The van der Waals surface area contributed by atoms with Gasteiger partial charge >= 0.3 is 5.97 Å². The lowest BCUT2D eigenvalue weighted by molar-refractivity contribution is -0.158. The molecule has 2 saturated heterocycles. The van der Waals surface area contributed by atoms with Crippen molar-refractivity contribution >= 4 is 5.97 Å². The summed E-state index contributed by atoms with van der Waals surface area (Å²) in [5.74, 6) is -0.530. The minimum absolute atomic E-state index is 0.0663. The van der Waals surface area contributed by atoms with E-state index in [-0.39, 0.29) is 37.6 Å². The van der Waals surface area contributed by atoms with E-state index in [1.54, 1.807) is 13.8 Å². The van der Waals surface area contributed by atoms with Gasteiger partial charge in [-0.1, -0.05) is 27.7 Å². The van der Waals surface area contributed by atoms with Gasteiger partial charge in [-0.15, -0.1) is 0 Å². The first-order chi connectivity index (χ1) is 10.7. The second-order valence-corrected chi connectivity index (χ2v) is 7.18. The van der Waals surface area contributed by atoms with Gasteiger partial charge in [0.05, 0.1) is 25.2 Å². The Morgan fingerprint density at radius 3 is 2.65 bits per heavy atom. The van der Waals surface area contributed by atoms with E-state index < -0.39 is 30.0 Å². The summed E-state index contributed by atoms with van der Waals surface area (Å²) in [6, 6.07) is 0.259. The lowest BCUT2D eigenvalue weighted by Gasteiger charge is -2.29. The SMILES string of the molecule is CC(C)NCC(O)C[C@]1(O)CO[C@@H]2[C@H](OC(=O)C(C)C)CO[C@@H]21. The van der Waals surface area contributed by atoms with Crippen LogP contribution in [0.4, 0.5) is 0 Å². The quantitative estimate of drug-likeness (QED) is 0.557. The number of hydrogen-bond acceptors (Lipinski definition) is 7. The Kier molecular flexibility index (Phi) is 6.02. The number of carbonyl (C=O) groups excluding carboxylic acids is 1. The van der Waals surface area contributed by atoms with Crippen molar-refractivity contribution in [2.75, 3.05) is 19.8 Å². The van der Waals surface area contributed by atoms with Gasteiger partial charge in [-0.05, 0) is 0 Å². The molecule has 2 aliphatic rings. The molecule has 134 valence electrons. The summed E-state index contributed by atoms with van der Waals surface area (Å²) in [7, 11) is 0. The van der Waals surface area contributed by atoms with Crippen molar-refractivity contribution in [2.24, 2.45) is 5.92 Å². The van der Waals surface area contributed by atoms with Gasteiger partial charge in [0.2, 0.25) is 0 Å². The van der Waals surface area contributed by atoms with Crippen molar-refractivity contribution in [3.63, 3.8) is 0 Å². The molecule has 0 bridgehead atoms. The van der Waals surface area contributed by atoms with Gasteiger partial charge in [-0.25, -0.2) is 0 Å². The van der Waals surface area contributed by atoms with Crippen LogP contribution in [0.1, 0.15) is 34.1 Å². The van der Waals surface area contributed by atoms with Gasteiger partial charge in [-0.2, -0.15) is 0 Å². The van der Waals surface area contributed by atoms with Crippen molar-refractivity contribution in [2.45, 2.75) is 70.2 Å². The summed E-state index contributed by atoms with van der Waals surface area (Å²) in [5.41, 5.74) is -1.26. The van der Waals surface area contributed by atoms with Gasteiger partial charge in [0, 0.05) is 19.0 Å². The zero-order valence-corrected chi connectivity index (χ0v) is 14.3. The topological polar surface area (TPSA) is 97.3 Å². The number of aliphatic hydroxyl groups is 2. The molecule has 1 unspecified atom stereocenters. The number of hydrogen-bond donors (Lipinski definition) is 3. The molecule has 2 heterocycles. The summed E-state index contributed by atoms with van der Waals surface area (Å²) < 4.78 is 16.6. The predicted octanol–water partition coefficient (Wildman–Crippen LogP) is -0.168. The number of rotatable bonds is 7. The second-order valence-electron chi connectivity index (χ2n) is 7.18. The maximum Gasteiger partial charge on any atom is 0.308 e. The van der Waals surface area contributed by atoms with Crippen LogP contribution in [0.25, 0.3) is 0 Å². The highest BCUT2D eigenvalue weighted by atomic mass is 16.6. The lowest BCUT2D eigenvalue weighted by atomic mass is 9.90. The highest BCUT2D eigenvalue weighted by Crippen LogP contribution is 2.38. The first kappa shape index (κ1) is 18.6. The molecule has 2 aliphatic heterocycles. The Bertz CT molecular complexity index is 415. The van der Waals surface area contributed by atoms with Crippen LogP contribution in [-0.2, 0) is 19.0 Å². The summed E-state index contributed by atoms with van der Waals surface area (Å²) in [4.78, 5) is 11.7. The first-order valence-corrected chi connectivity index (χ1v) is 8.30. The minimum Gasteiger partial charge on any atom is -0.457 e. The van der Waals surface area contributed by atoms with Gasteiger partial charge in [0.1, 0.15) is 17.8 Å². The van der Waals surface area contributed by atoms with Crippen LogP contribution < -0.4 is 5.32 Å². The minimum atomic E-state index is -1.26. The van der Waals surface area contributed by atoms with Crippen LogP contribution in [0.15, 0.2) is 0 Å². The molecule has 3 N–H and O–H groups in total. The molecule has 0 saturated carbocycles. The molecule has 0 radical (unpaired) electrons. The predicted molar refractivity (Wildman–Crippen MR) is 82.9 cm³/mol. The van der Waals surface area contributed by atoms with E-state index in [4.69, 9.17) is 14.2 Å². The van der Waals surface area contributed by atoms with Crippen LogP contribution in [-0.4, -0.2) is 72.0 Å². The van der Waals surface area contributed by atoms with E-state index in [2.05, 4.69) is 5.32 Å². The first-order valence-electron chi connectivity index (χ1n) is 8.30. The summed E-state index contributed by atoms with van der Waals surface area (Å²) in [5, 5.41) is 24.0. The largest absolute Gasteiger partial charge is 0.457 e. The summed E-state index contributed by atoms with van der Waals surface area (Å²) in [6.07, 6.45) is -2.12. The number of nitrogens with one attached hydrogen (secondary N) is 1. The fraction of sp³-hybridized carbons (Fsp3) is 0.938. The van der Waals surface area contributed by atoms with Gasteiger partial charge in [-0.3, -0.25) is 4.79 Å². The molecule has 7 nitrogen and oxygen atoms in total. The number of fused-ring (bicyclic) bond motifs is 1. The monoisotopic (exact) mass is 331 g/mol. The second kappa shape index (κ2) is 7.44. The smallest absolute Gasteiger partial charge is 0.308 e. The third kappa shape index (κ3) is 4.42. The van der Waals surface area contributed by atoms with Crippen molar-refractivity contribution < 1.29 is 29.2 Å². The molecule has 0 aromatic carbocycles. The van der Waals surface area contributed by atoms with Crippen LogP contribution in [0.5, 0.6) is 0 Å². The normalized spacial score (nSPS) is 34.9. The van der Waals surface area contributed by atoms with E-state index >= 15 is 0 Å². The Hall–Kier alpha value is -0.730. The Morgan fingerprint density at radius 2 is 2.04 bits per heavy atom. The maximum atomic E-state index is 11.7. The molecule has 5 atom stereocenters. The average Bonchev–Trinajstić information content (AvgIpc) is 2.99. The van der Waals surface area contributed by atoms with E-state index in [1.165, 1.54) is 0 Å². The van der Waals surface area contributed by atoms with Crippen molar-refractivity contribution in [3.8, 4) is 0 Å². The van der Waals surface area contributed by atoms with Crippen molar-refractivity contribution in [1.29, 1.82) is 0 Å². The Labute approximate surface area is 137 Å². The molecule has 0 aliphatic carbocycles. The zero-order chi connectivity index (χ0) is 17.2. The maximum absolute atomic E-state index is 11.7. The number of carbonyl (C=O) groups is 1. The van der Waals surface area contributed by atoms with Crippen LogP contribution >= 0.6 is 0 Å². The molecular weight excluding hydrogens is 302 g/mol. The number of ether oxygens (including phenoxy) is 3. The highest BCUT2D eigenvalue weighted by molar-refractivity contribution is 5.71. The van der Waals surface area contributed by atoms with E-state index in [0.717, 1.165) is 0 Å². The highest BCUT2D eigenvalue weighted by Gasteiger charge is 2.57. The Balaban J connectivity index is 1.91. The van der Waals surface area contributed by atoms with Gasteiger partial charge in [0.25, 0.3) is 0 Å². The lowest BCUT2D eigenvalue weighted by Crippen LogP contribution is -2.48. The molecule has 0 aromatic rings. The third-order valence-electron chi connectivity index (χ3n) is 4.25. The molecular formula is C16H29NO6. The van der Waals surface area contributed by atoms with Gasteiger partial charge < -0.3 is 29.7 Å². The summed E-state index contributed by atoms with van der Waals surface area (Å²) in [6.45, 7) is 8.17. The number of aliphatic hydroxyl groups excluding tert-OH is 1. The van der Waals surface area contributed by atoms with E-state index in [0.29, 0.717) is 6.54 Å². The summed E-state index contributed by atoms with van der Waals surface area (Å²) >= 11 is 0. The third-order valence-corrected chi connectivity index (χ3v) is 4.25. The van der Waals surface area contributed by atoms with Crippen molar-refractivity contribution in [1.82, 2.24) is 5.32 Å². The molecule has 7 heteroatoms. The fourth-order valence-electron chi connectivity index (χ4n) is 2.97.